The summed E-state index contributed by atoms with van der Waals surface area (Å²) in [5, 5.41) is 12.8. The average molecular weight is 447 g/mol. The maximum absolute atomic E-state index is 13.2. The van der Waals surface area contributed by atoms with Crippen molar-refractivity contribution in [1.82, 2.24) is 24.5 Å². The van der Waals surface area contributed by atoms with Gasteiger partial charge in [-0.15, -0.1) is 0 Å². The molecule has 5 rings (SSSR count). The van der Waals surface area contributed by atoms with Gasteiger partial charge in [-0.25, -0.2) is 4.68 Å². The summed E-state index contributed by atoms with van der Waals surface area (Å²) in [5.41, 5.74) is 4.62. The van der Waals surface area contributed by atoms with Gasteiger partial charge >= 0.3 is 0 Å². The van der Waals surface area contributed by atoms with Gasteiger partial charge in [0.1, 0.15) is 0 Å². The number of nitrogens with zero attached hydrogens (tertiary/aromatic N) is 5. The fourth-order valence-corrected chi connectivity index (χ4v) is 4.25. The largest absolute Gasteiger partial charge is 0.304 e. The smallest absolute Gasteiger partial charge is 0.277 e. The zero-order chi connectivity index (χ0) is 21.9. The van der Waals surface area contributed by atoms with Crippen LogP contribution in [0.3, 0.4) is 0 Å². The van der Waals surface area contributed by atoms with Gasteiger partial charge in [-0.2, -0.15) is 10.2 Å². The summed E-state index contributed by atoms with van der Waals surface area (Å²) >= 11 is 6.06. The number of benzene rings is 1. The predicted molar refractivity (Wildman–Crippen MR) is 123 cm³/mol. The molecular formula is C24H23ClN6O. The standard InChI is InChI=1S/C24H23ClN6O/c25-18-6-8-19(9-7-18)31-21-5-3-1-2-4-20(21)23(29-31)24(32)27-22-12-15-30(28-22)16-17-10-13-26-14-11-17/h6-15H,1-5,16H2,(H,27,28,32). The molecule has 8 heteroatoms. The van der Waals surface area contributed by atoms with E-state index in [0.717, 1.165) is 54.6 Å². The number of carbonyl (C=O) groups is 1. The quantitative estimate of drug-likeness (QED) is 0.451. The summed E-state index contributed by atoms with van der Waals surface area (Å²) in [5.74, 6) is 0.275. The molecule has 3 heterocycles. The van der Waals surface area contributed by atoms with E-state index < -0.39 is 0 Å². The van der Waals surface area contributed by atoms with Crippen molar-refractivity contribution in [2.24, 2.45) is 0 Å². The lowest BCUT2D eigenvalue weighted by Gasteiger charge is -2.07. The molecule has 1 aromatic carbocycles. The van der Waals surface area contributed by atoms with Gasteiger partial charge in [0, 0.05) is 40.9 Å². The highest BCUT2D eigenvalue weighted by atomic mass is 35.5. The first-order valence-electron chi connectivity index (χ1n) is 10.8. The number of nitrogens with one attached hydrogen (secondary N) is 1. The number of hydrogen-bond acceptors (Lipinski definition) is 4. The highest BCUT2D eigenvalue weighted by molar-refractivity contribution is 6.30. The first-order valence-corrected chi connectivity index (χ1v) is 11.2. The van der Waals surface area contributed by atoms with Gasteiger partial charge in [-0.3, -0.25) is 14.5 Å². The third-order valence-electron chi connectivity index (χ3n) is 5.69. The molecule has 1 aliphatic carbocycles. The van der Waals surface area contributed by atoms with E-state index in [1.165, 1.54) is 0 Å². The maximum atomic E-state index is 13.2. The van der Waals surface area contributed by atoms with Gasteiger partial charge in [0.2, 0.25) is 0 Å². The van der Waals surface area contributed by atoms with Crippen LogP contribution in [0.5, 0.6) is 0 Å². The molecule has 0 atom stereocenters. The molecule has 0 saturated heterocycles. The number of amides is 1. The van der Waals surface area contributed by atoms with Crippen molar-refractivity contribution >= 4 is 23.3 Å². The number of aromatic nitrogens is 5. The van der Waals surface area contributed by atoms with E-state index >= 15 is 0 Å². The predicted octanol–water partition coefficient (Wildman–Crippen LogP) is 4.69. The first kappa shape index (κ1) is 20.5. The molecule has 162 valence electrons. The van der Waals surface area contributed by atoms with Crippen LogP contribution in [-0.4, -0.2) is 30.5 Å². The molecule has 3 aromatic heterocycles. The normalized spacial score (nSPS) is 13.4. The van der Waals surface area contributed by atoms with E-state index in [4.69, 9.17) is 16.7 Å². The van der Waals surface area contributed by atoms with Crippen LogP contribution in [0.2, 0.25) is 5.02 Å². The van der Waals surface area contributed by atoms with Crippen LogP contribution in [0.1, 0.15) is 46.6 Å². The van der Waals surface area contributed by atoms with Gasteiger partial charge in [0.05, 0.1) is 12.2 Å². The van der Waals surface area contributed by atoms with Gasteiger partial charge < -0.3 is 5.32 Å². The summed E-state index contributed by atoms with van der Waals surface area (Å²) in [6.07, 6.45) is 10.4. The van der Waals surface area contributed by atoms with Gasteiger partial charge in [-0.1, -0.05) is 18.0 Å². The third kappa shape index (κ3) is 4.29. The van der Waals surface area contributed by atoms with Crippen LogP contribution in [0, 0.1) is 0 Å². The van der Waals surface area contributed by atoms with Crippen molar-refractivity contribution in [3.8, 4) is 5.69 Å². The molecule has 0 spiro atoms. The lowest BCUT2D eigenvalue weighted by molar-refractivity contribution is 0.102. The summed E-state index contributed by atoms with van der Waals surface area (Å²) < 4.78 is 3.69. The lowest BCUT2D eigenvalue weighted by Crippen LogP contribution is -2.15. The number of carbonyl (C=O) groups excluding carboxylic acids is 1. The Balaban J connectivity index is 1.41. The topological polar surface area (TPSA) is 77.6 Å². The molecule has 0 radical (unpaired) electrons. The molecule has 1 N–H and O–H groups in total. The molecule has 0 fully saturated rings. The summed E-state index contributed by atoms with van der Waals surface area (Å²) in [6.45, 7) is 0.610. The molecular weight excluding hydrogens is 424 g/mol. The number of rotatable bonds is 5. The van der Waals surface area contributed by atoms with Gasteiger partial charge in [0.15, 0.2) is 11.5 Å². The number of hydrogen-bond donors (Lipinski definition) is 1. The molecule has 7 nitrogen and oxygen atoms in total. The minimum atomic E-state index is -0.231. The number of fused-ring (bicyclic) bond motifs is 1. The molecule has 1 amide bonds. The van der Waals surface area contributed by atoms with Crippen molar-refractivity contribution < 1.29 is 4.79 Å². The van der Waals surface area contributed by atoms with E-state index in [1.54, 1.807) is 23.1 Å². The maximum Gasteiger partial charge on any atom is 0.277 e. The zero-order valence-electron chi connectivity index (χ0n) is 17.5. The Morgan fingerprint density at radius 2 is 1.75 bits per heavy atom. The minimum Gasteiger partial charge on any atom is -0.304 e. The van der Waals surface area contributed by atoms with E-state index in [2.05, 4.69) is 15.4 Å². The summed E-state index contributed by atoms with van der Waals surface area (Å²) in [6, 6.07) is 13.2. The van der Waals surface area contributed by atoms with Crippen molar-refractivity contribution in [3.63, 3.8) is 0 Å². The minimum absolute atomic E-state index is 0.231. The number of halogens is 1. The SMILES string of the molecule is O=C(Nc1ccn(Cc2ccncc2)n1)c1nn(-c2ccc(Cl)cc2)c2c1CCCCC2. The van der Waals surface area contributed by atoms with Crippen LogP contribution in [0.4, 0.5) is 5.82 Å². The Kier molecular flexibility index (Phi) is 5.73. The van der Waals surface area contributed by atoms with E-state index in [0.29, 0.717) is 23.1 Å². The molecule has 1 aliphatic rings. The Labute approximate surface area is 191 Å². The highest BCUT2D eigenvalue weighted by Gasteiger charge is 2.25. The molecule has 0 aliphatic heterocycles. The van der Waals surface area contributed by atoms with Gasteiger partial charge in [-0.05, 0) is 67.6 Å². The van der Waals surface area contributed by atoms with Crippen molar-refractivity contribution in [3.05, 3.63) is 88.6 Å². The van der Waals surface area contributed by atoms with Crippen LogP contribution < -0.4 is 5.32 Å². The second-order valence-corrected chi connectivity index (χ2v) is 8.37. The monoisotopic (exact) mass is 446 g/mol. The Morgan fingerprint density at radius 1 is 0.969 bits per heavy atom. The molecule has 32 heavy (non-hydrogen) atoms. The second-order valence-electron chi connectivity index (χ2n) is 7.93. The van der Waals surface area contributed by atoms with Gasteiger partial charge in [0.25, 0.3) is 5.91 Å². The van der Waals surface area contributed by atoms with Crippen molar-refractivity contribution in [2.75, 3.05) is 5.32 Å². The summed E-state index contributed by atoms with van der Waals surface area (Å²) in [7, 11) is 0. The molecule has 0 unspecified atom stereocenters. The van der Waals surface area contributed by atoms with Crippen molar-refractivity contribution in [1.29, 1.82) is 0 Å². The second kappa shape index (κ2) is 8.96. The van der Waals surface area contributed by atoms with Crippen LogP contribution in [0.25, 0.3) is 5.69 Å². The summed E-state index contributed by atoms with van der Waals surface area (Å²) in [4.78, 5) is 17.2. The molecule has 4 aromatic rings. The average Bonchev–Trinajstić information content (AvgIpc) is 3.31. The van der Waals surface area contributed by atoms with Crippen LogP contribution in [-0.2, 0) is 19.4 Å². The van der Waals surface area contributed by atoms with Crippen LogP contribution in [0.15, 0.2) is 61.1 Å². The highest BCUT2D eigenvalue weighted by Crippen LogP contribution is 2.27. The first-order chi connectivity index (χ1) is 15.7. The Bertz CT molecular complexity index is 1230. The van der Waals surface area contributed by atoms with E-state index in [1.807, 2.05) is 47.3 Å². The lowest BCUT2D eigenvalue weighted by atomic mass is 10.1. The fraction of sp³-hybridized carbons (Fsp3) is 0.250. The van der Waals surface area contributed by atoms with Crippen molar-refractivity contribution in [2.45, 2.75) is 38.6 Å². The molecule has 0 bridgehead atoms. The van der Waals surface area contributed by atoms with E-state index in [-0.39, 0.29) is 5.91 Å². The zero-order valence-corrected chi connectivity index (χ0v) is 18.3. The van der Waals surface area contributed by atoms with E-state index in [9.17, 15) is 4.79 Å². The Hall–Kier alpha value is -3.45. The molecule has 0 saturated carbocycles. The third-order valence-corrected chi connectivity index (χ3v) is 5.94. The number of pyridine rings is 1. The fourth-order valence-electron chi connectivity index (χ4n) is 4.12. The van der Waals surface area contributed by atoms with Crippen LogP contribution >= 0.6 is 11.6 Å². The Morgan fingerprint density at radius 3 is 2.56 bits per heavy atom. The number of anilines is 1.